The summed E-state index contributed by atoms with van der Waals surface area (Å²) >= 11 is 5.89. The first-order chi connectivity index (χ1) is 13.4. The van der Waals surface area contributed by atoms with Crippen molar-refractivity contribution in [2.45, 2.75) is 39.5 Å². The normalized spacial score (nSPS) is 15.0. The van der Waals surface area contributed by atoms with Gasteiger partial charge in [0.05, 0.1) is 0 Å². The number of nitrogens with zero attached hydrogens (tertiary/aromatic N) is 1. The summed E-state index contributed by atoms with van der Waals surface area (Å²) in [4.78, 5) is 27.3. The fourth-order valence-corrected chi connectivity index (χ4v) is 3.81. The number of rotatable bonds is 4. The Bertz CT molecular complexity index is 853. The molecular weight excluding hydrogens is 372 g/mol. The Morgan fingerprint density at radius 2 is 1.71 bits per heavy atom. The number of piperidine rings is 1. The molecular formula is C23H27ClN2O2. The fourth-order valence-electron chi connectivity index (χ4n) is 3.69. The van der Waals surface area contributed by atoms with Gasteiger partial charge in [0.2, 0.25) is 5.91 Å². The van der Waals surface area contributed by atoms with Crippen LogP contribution >= 0.6 is 11.6 Å². The van der Waals surface area contributed by atoms with Gasteiger partial charge in [0.1, 0.15) is 0 Å². The zero-order chi connectivity index (χ0) is 20.3. The molecule has 0 unspecified atom stereocenters. The van der Waals surface area contributed by atoms with Crippen LogP contribution in [0.25, 0.3) is 0 Å². The molecule has 0 radical (unpaired) electrons. The van der Waals surface area contributed by atoms with Gasteiger partial charge in [-0.05, 0) is 61.1 Å². The molecule has 1 heterocycles. The Hall–Kier alpha value is -2.33. The van der Waals surface area contributed by atoms with Crippen LogP contribution in [0.5, 0.6) is 0 Å². The molecule has 1 saturated heterocycles. The third-order valence-corrected chi connectivity index (χ3v) is 5.67. The predicted molar refractivity (Wildman–Crippen MR) is 114 cm³/mol. The molecule has 0 atom stereocenters. The molecule has 1 aliphatic heterocycles. The number of anilines is 1. The molecule has 0 saturated carbocycles. The maximum absolute atomic E-state index is 12.8. The molecule has 1 aliphatic rings. The smallest absolute Gasteiger partial charge is 0.253 e. The van der Waals surface area contributed by atoms with E-state index in [1.807, 2.05) is 24.0 Å². The number of benzene rings is 2. The van der Waals surface area contributed by atoms with Gasteiger partial charge in [0.25, 0.3) is 5.91 Å². The molecule has 2 aromatic carbocycles. The van der Waals surface area contributed by atoms with E-state index >= 15 is 0 Å². The van der Waals surface area contributed by atoms with Crippen LogP contribution in [0.15, 0.2) is 42.5 Å². The second-order valence-corrected chi connectivity index (χ2v) is 8.19. The first-order valence-corrected chi connectivity index (χ1v) is 10.2. The third-order valence-electron chi connectivity index (χ3n) is 5.42. The highest BCUT2D eigenvalue weighted by atomic mass is 35.5. The van der Waals surface area contributed by atoms with Gasteiger partial charge >= 0.3 is 0 Å². The molecule has 1 N–H and O–H groups in total. The van der Waals surface area contributed by atoms with E-state index < -0.39 is 0 Å². The van der Waals surface area contributed by atoms with Crippen molar-refractivity contribution in [1.82, 2.24) is 4.90 Å². The summed E-state index contributed by atoms with van der Waals surface area (Å²) in [7, 11) is 0. The van der Waals surface area contributed by atoms with Crippen LogP contribution in [0.2, 0.25) is 5.02 Å². The van der Waals surface area contributed by atoms with Crippen molar-refractivity contribution in [2.75, 3.05) is 18.4 Å². The number of likely N-dealkylation sites (tertiary alicyclic amines) is 1. The number of carbonyl (C=O) groups excluding carboxylic acids is 2. The molecule has 4 nitrogen and oxygen atoms in total. The topological polar surface area (TPSA) is 49.4 Å². The van der Waals surface area contributed by atoms with Crippen molar-refractivity contribution >= 4 is 29.1 Å². The summed E-state index contributed by atoms with van der Waals surface area (Å²) in [5.74, 6) is 0.314. The van der Waals surface area contributed by atoms with Crippen LogP contribution in [0.4, 0.5) is 5.69 Å². The summed E-state index contributed by atoms with van der Waals surface area (Å²) in [6, 6.07) is 13.1. The molecule has 2 aromatic rings. The van der Waals surface area contributed by atoms with Crippen LogP contribution in [0, 0.1) is 12.8 Å². The first kappa shape index (κ1) is 20.4. The lowest BCUT2D eigenvalue weighted by molar-refractivity contribution is -0.121. The maximum Gasteiger partial charge on any atom is 0.253 e. The van der Waals surface area contributed by atoms with E-state index in [1.165, 1.54) is 0 Å². The molecule has 0 aromatic heterocycles. The minimum absolute atomic E-state index is 0.00322. The zero-order valence-corrected chi connectivity index (χ0v) is 17.4. The van der Waals surface area contributed by atoms with Gasteiger partial charge < -0.3 is 10.2 Å². The maximum atomic E-state index is 12.8. The molecule has 0 spiro atoms. The van der Waals surface area contributed by atoms with Crippen LogP contribution in [0.1, 0.15) is 54.1 Å². The average molecular weight is 399 g/mol. The third kappa shape index (κ3) is 4.56. The minimum Gasteiger partial charge on any atom is -0.339 e. The highest BCUT2D eigenvalue weighted by Crippen LogP contribution is 2.29. The van der Waals surface area contributed by atoms with Crippen LogP contribution in [-0.4, -0.2) is 29.8 Å². The van der Waals surface area contributed by atoms with Gasteiger partial charge in [0.15, 0.2) is 0 Å². The van der Waals surface area contributed by atoms with Gasteiger partial charge in [-0.3, -0.25) is 9.59 Å². The number of carbonyl (C=O) groups is 2. The van der Waals surface area contributed by atoms with E-state index in [0.29, 0.717) is 42.4 Å². The monoisotopic (exact) mass is 398 g/mol. The number of halogens is 1. The SMILES string of the molecule is Cc1cccc(C(C)C)c1NC(=O)C1CCN(C(=O)c2ccc(Cl)cc2)CC1. The summed E-state index contributed by atoms with van der Waals surface area (Å²) in [5, 5.41) is 3.77. The molecule has 1 fully saturated rings. The van der Waals surface area contributed by atoms with Crippen molar-refractivity contribution in [2.24, 2.45) is 5.92 Å². The lowest BCUT2D eigenvalue weighted by Crippen LogP contribution is -2.41. The van der Waals surface area contributed by atoms with Gasteiger partial charge in [0, 0.05) is 35.3 Å². The first-order valence-electron chi connectivity index (χ1n) is 9.82. The summed E-state index contributed by atoms with van der Waals surface area (Å²) < 4.78 is 0. The standard InChI is InChI=1S/C23H27ClN2O2/c1-15(2)20-6-4-5-16(3)21(20)25-22(27)17-11-13-26(14-12-17)23(28)18-7-9-19(24)10-8-18/h4-10,15,17H,11-14H2,1-3H3,(H,25,27). The quantitative estimate of drug-likeness (QED) is 0.763. The minimum atomic E-state index is -0.0751. The van der Waals surface area contributed by atoms with Crippen LogP contribution in [-0.2, 0) is 4.79 Å². The Morgan fingerprint density at radius 1 is 1.07 bits per heavy atom. The van der Waals surface area contributed by atoms with Crippen LogP contribution in [0.3, 0.4) is 0 Å². The summed E-state index contributed by atoms with van der Waals surface area (Å²) in [6.45, 7) is 7.46. The average Bonchev–Trinajstić information content (AvgIpc) is 2.69. The molecule has 28 heavy (non-hydrogen) atoms. The number of aryl methyl sites for hydroxylation is 1. The molecule has 0 aliphatic carbocycles. The summed E-state index contributed by atoms with van der Waals surface area (Å²) in [5.41, 5.74) is 3.80. The van der Waals surface area contributed by atoms with E-state index in [9.17, 15) is 9.59 Å². The van der Waals surface area contributed by atoms with Crippen molar-refractivity contribution in [3.8, 4) is 0 Å². The second kappa shape index (κ2) is 8.78. The van der Waals surface area contributed by atoms with Crippen molar-refractivity contribution in [1.29, 1.82) is 0 Å². The number of nitrogens with one attached hydrogen (secondary N) is 1. The van der Waals surface area contributed by atoms with Gasteiger partial charge in [-0.25, -0.2) is 0 Å². The fraction of sp³-hybridized carbons (Fsp3) is 0.391. The van der Waals surface area contributed by atoms with Gasteiger partial charge in [-0.15, -0.1) is 0 Å². The van der Waals surface area contributed by atoms with E-state index in [0.717, 1.165) is 16.8 Å². The zero-order valence-electron chi connectivity index (χ0n) is 16.7. The predicted octanol–water partition coefficient (Wildman–Crippen LogP) is 5.26. The second-order valence-electron chi connectivity index (χ2n) is 7.76. The highest BCUT2D eigenvalue weighted by molar-refractivity contribution is 6.30. The Balaban J connectivity index is 1.62. The van der Waals surface area contributed by atoms with E-state index in [4.69, 9.17) is 11.6 Å². The van der Waals surface area contributed by atoms with Crippen molar-refractivity contribution in [3.63, 3.8) is 0 Å². The van der Waals surface area contributed by atoms with Crippen molar-refractivity contribution in [3.05, 3.63) is 64.2 Å². The molecule has 0 bridgehead atoms. The lowest BCUT2D eigenvalue weighted by Gasteiger charge is -2.31. The lowest BCUT2D eigenvalue weighted by atomic mass is 9.94. The number of para-hydroxylation sites is 1. The van der Waals surface area contributed by atoms with E-state index in [1.54, 1.807) is 24.3 Å². The Labute approximate surface area is 171 Å². The number of hydrogen-bond donors (Lipinski definition) is 1. The molecule has 3 rings (SSSR count). The van der Waals surface area contributed by atoms with Crippen molar-refractivity contribution < 1.29 is 9.59 Å². The number of hydrogen-bond acceptors (Lipinski definition) is 2. The molecule has 148 valence electrons. The van der Waals surface area contributed by atoms with Gasteiger partial charge in [-0.2, -0.15) is 0 Å². The highest BCUT2D eigenvalue weighted by Gasteiger charge is 2.28. The Kier molecular flexibility index (Phi) is 6.40. The summed E-state index contributed by atoms with van der Waals surface area (Å²) in [6.07, 6.45) is 1.35. The largest absolute Gasteiger partial charge is 0.339 e. The van der Waals surface area contributed by atoms with Gasteiger partial charge in [-0.1, -0.05) is 43.6 Å². The molecule has 2 amide bonds. The van der Waals surface area contributed by atoms with Crippen LogP contribution < -0.4 is 5.32 Å². The number of amides is 2. The van der Waals surface area contributed by atoms with E-state index in [2.05, 4.69) is 25.2 Å². The Morgan fingerprint density at radius 3 is 2.32 bits per heavy atom. The van der Waals surface area contributed by atoms with E-state index in [-0.39, 0.29) is 17.7 Å². The molecule has 5 heteroatoms.